The summed E-state index contributed by atoms with van der Waals surface area (Å²) in [5.74, 6) is 5.01. The number of nitrogens with one attached hydrogen (secondary N) is 5. The van der Waals surface area contributed by atoms with Gasteiger partial charge >= 0.3 is 0 Å². The van der Waals surface area contributed by atoms with Gasteiger partial charge in [0.1, 0.15) is 0 Å². The molecule has 7 N–H and O–H groups in total. The van der Waals surface area contributed by atoms with Gasteiger partial charge in [-0.1, -0.05) is 51.9 Å². The van der Waals surface area contributed by atoms with E-state index in [4.69, 9.17) is 5.84 Å². The van der Waals surface area contributed by atoms with E-state index in [0.717, 1.165) is 51.4 Å². The monoisotopic (exact) mass is 512 g/mol. The fraction of sp³-hybridized carbons (Fsp3) is 0.333. The van der Waals surface area contributed by atoms with Crippen LogP contribution in [0.15, 0.2) is 48.5 Å². The van der Waals surface area contributed by atoms with Gasteiger partial charge < -0.3 is 9.97 Å². The van der Waals surface area contributed by atoms with Crippen molar-refractivity contribution in [3.63, 3.8) is 0 Å². The van der Waals surface area contributed by atoms with Gasteiger partial charge in [0, 0.05) is 28.6 Å². The Morgan fingerprint density at radius 1 is 0.605 bits per heavy atom. The number of fused-ring (bicyclic) bond motifs is 8. The molecule has 0 saturated heterocycles. The Balaban J connectivity index is 0.000000208. The molecular weight excluding hydrogens is 472 g/mol. The van der Waals surface area contributed by atoms with Crippen molar-refractivity contribution < 1.29 is 0 Å². The van der Waals surface area contributed by atoms with Crippen molar-refractivity contribution in [1.82, 2.24) is 36.4 Å². The van der Waals surface area contributed by atoms with Crippen LogP contribution in [0.5, 0.6) is 0 Å². The van der Waals surface area contributed by atoms with Crippen LogP contribution in [0.2, 0.25) is 0 Å². The first-order valence-electron chi connectivity index (χ1n) is 13.7. The maximum Gasteiger partial charge on any atom is 0.0658 e. The number of rotatable bonds is 11. The van der Waals surface area contributed by atoms with Crippen LogP contribution in [-0.2, 0) is 0 Å². The zero-order valence-electron chi connectivity index (χ0n) is 22.3. The molecule has 3 aromatic rings. The predicted molar refractivity (Wildman–Crippen MR) is 160 cm³/mol. The van der Waals surface area contributed by atoms with Gasteiger partial charge in [-0.05, 0) is 79.3 Å². The Kier molecular flexibility index (Phi) is 10.8. The van der Waals surface area contributed by atoms with Crippen molar-refractivity contribution >= 4 is 46.4 Å². The average molecular weight is 513 g/mol. The standard InChI is InChI=1S/C20H14N4.C10H26N4/c1-2-14-10-16-5-6-18(23-16)12-20-8-7-19(24-20)11-17-4-3-15(22-17)9-13(1)21-14;1-2-3-4-5-6-7-8-9-10-12-14-13-11/h1-12,21,24H;12-14H,2-11H2,1H3. The molecule has 0 aliphatic carbocycles. The minimum atomic E-state index is 0.939. The third kappa shape index (κ3) is 9.08. The molecule has 2 aliphatic rings. The van der Waals surface area contributed by atoms with Gasteiger partial charge in [-0.2, -0.15) is 11.1 Å². The van der Waals surface area contributed by atoms with E-state index < -0.39 is 0 Å². The molecule has 0 unspecified atom stereocenters. The van der Waals surface area contributed by atoms with Crippen molar-refractivity contribution in [2.45, 2.75) is 58.3 Å². The topological polar surface area (TPSA) is 119 Å². The number of hydrogen-bond donors (Lipinski definition) is 6. The van der Waals surface area contributed by atoms with Crippen molar-refractivity contribution in [2.75, 3.05) is 6.54 Å². The molecule has 200 valence electrons. The highest BCUT2D eigenvalue weighted by Gasteiger charge is 2.01. The fourth-order valence-electron chi connectivity index (χ4n) is 4.40. The van der Waals surface area contributed by atoms with Crippen molar-refractivity contribution in [1.29, 1.82) is 0 Å². The molecule has 0 saturated carbocycles. The van der Waals surface area contributed by atoms with E-state index in [2.05, 4.69) is 67.6 Å². The van der Waals surface area contributed by atoms with Crippen LogP contribution in [0.4, 0.5) is 0 Å². The number of hydrazine groups is 3. The second kappa shape index (κ2) is 15.0. The number of aromatic amines is 2. The summed E-state index contributed by atoms with van der Waals surface area (Å²) in [6.07, 6.45) is 18.9. The van der Waals surface area contributed by atoms with Gasteiger partial charge in [0.2, 0.25) is 0 Å². The van der Waals surface area contributed by atoms with Crippen LogP contribution >= 0.6 is 0 Å². The number of aromatic nitrogens is 4. The molecule has 38 heavy (non-hydrogen) atoms. The molecule has 0 radical (unpaired) electrons. The first-order chi connectivity index (χ1) is 18.7. The number of H-pyrrole nitrogens is 2. The highest BCUT2D eigenvalue weighted by Crippen LogP contribution is 2.17. The van der Waals surface area contributed by atoms with Crippen LogP contribution in [0.1, 0.15) is 81.1 Å². The second-order valence-electron chi connectivity index (χ2n) is 9.58. The number of nitrogens with two attached hydrogens (primary N) is 1. The van der Waals surface area contributed by atoms with Gasteiger partial charge in [0.15, 0.2) is 0 Å². The largest absolute Gasteiger partial charge is 0.355 e. The molecule has 5 heterocycles. The summed E-state index contributed by atoms with van der Waals surface area (Å²) >= 11 is 0. The van der Waals surface area contributed by atoms with E-state index >= 15 is 0 Å². The minimum absolute atomic E-state index is 0.939. The lowest BCUT2D eigenvalue weighted by Crippen LogP contribution is -2.47. The number of hydrogen-bond acceptors (Lipinski definition) is 6. The molecule has 8 heteroatoms. The normalized spacial score (nSPS) is 11.9. The zero-order chi connectivity index (χ0) is 26.4. The summed E-state index contributed by atoms with van der Waals surface area (Å²) in [5, 5.41) is 0. The summed E-state index contributed by atoms with van der Waals surface area (Å²) in [6, 6.07) is 16.4. The molecule has 0 aromatic carbocycles. The lowest BCUT2D eigenvalue weighted by Gasteiger charge is -2.04. The molecule has 2 aliphatic heterocycles. The summed E-state index contributed by atoms with van der Waals surface area (Å²) < 4.78 is 0. The van der Waals surface area contributed by atoms with E-state index in [1.165, 1.54) is 51.4 Å². The second-order valence-corrected chi connectivity index (χ2v) is 9.58. The Hall–Kier alpha value is -3.56. The van der Waals surface area contributed by atoms with Gasteiger partial charge in [-0.3, -0.25) is 5.84 Å². The SMILES string of the molecule is C1=Cc2cc3ccc(cc4nc(cc5ccc(cc1n2)[nH]5)C=C4)[nH]3.CCCCCCCCCCNNNN. The van der Waals surface area contributed by atoms with Gasteiger partial charge in [-0.15, -0.1) is 0 Å². The number of nitrogens with zero attached hydrogens (tertiary/aromatic N) is 2. The maximum atomic E-state index is 5.01. The molecular formula is C30H40N8. The van der Waals surface area contributed by atoms with Gasteiger partial charge in [0.25, 0.3) is 0 Å². The van der Waals surface area contributed by atoms with E-state index in [9.17, 15) is 0 Å². The van der Waals surface area contributed by atoms with Crippen LogP contribution in [-0.4, -0.2) is 26.5 Å². The average Bonchev–Trinajstić information content (AvgIpc) is 3.72. The first kappa shape index (κ1) is 27.5. The molecule has 8 bridgehead atoms. The van der Waals surface area contributed by atoms with Crippen molar-refractivity contribution in [3.05, 3.63) is 71.3 Å². The lowest BCUT2D eigenvalue weighted by molar-refractivity contribution is 0.431. The maximum absolute atomic E-state index is 5.01. The van der Waals surface area contributed by atoms with Crippen molar-refractivity contribution in [3.8, 4) is 0 Å². The lowest BCUT2D eigenvalue weighted by atomic mass is 10.1. The highest BCUT2D eigenvalue weighted by atomic mass is 15.7. The van der Waals surface area contributed by atoms with E-state index in [0.29, 0.717) is 0 Å². The summed E-state index contributed by atoms with van der Waals surface area (Å²) in [7, 11) is 0. The van der Waals surface area contributed by atoms with Gasteiger partial charge in [0.05, 0.1) is 22.8 Å². The third-order valence-corrected chi connectivity index (χ3v) is 6.36. The fourth-order valence-corrected chi connectivity index (χ4v) is 4.40. The highest BCUT2D eigenvalue weighted by molar-refractivity contribution is 5.77. The quantitative estimate of drug-likeness (QED) is 0.0707. The Morgan fingerprint density at radius 2 is 1.00 bits per heavy atom. The van der Waals surface area contributed by atoms with E-state index in [-0.39, 0.29) is 0 Å². The molecule has 8 nitrogen and oxygen atoms in total. The Labute approximate surface area is 224 Å². The first-order valence-corrected chi connectivity index (χ1v) is 13.7. The summed E-state index contributed by atoms with van der Waals surface area (Å²) in [6.45, 7) is 3.23. The Morgan fingerprint density at radius 3 is 1.39 bits per heavy atom. The van der Waals surface area contributed by atoms with Crippen LogP contribution in [0, 0.1) is 0 Å². The predicted octanol–water partition coefficient (Wildman–Crippen LogP) is 6.26. The van der Waals surface area contributed by atoms with Gasteiger partial charge in [-0.25, -0.2) is 15.4 Å². The van der Waals surface area contributed by atoms with Crippen LogP contribution in [0.3, 0.4) is 0 Å². The molecule has 3 aromatic heterocycles. The Bertz CT molecular complexity index is 1180. The smallest absolute Gasteiger partial charge is 0.0658 e. The molecule has 0 amide bonds. The molecule has 0 atom stereocenters. The zero-order valence-corrected chi connectivity index (χ0v) is 22.3. The van der Waals surface area contributed by atoms with E-state index in [1.54, 1.807) is 0 Å². The third-order valence-electron chi connectivity index (χ3n) is 6.36. The number of unbranched alkanes of at least 4 members (excludes halogenated alkanes) is 7. The molecule has 0 spiro atoms. The molecule has 5 rings (SSSR count). The summed E-state index contributed by atoms with van der Waals surface area (Å²) in [5.41, 5.74) is 15.8. The molecule has 0 fully saturated rings. The van der Waals surface area contributed by atoms with E-state index in [1.807, 2.05) is 48.6 Å². The minimum Gasteiger partial charge on any atom is -0.355 e. The van der Waals surface area contributed by atoms with Crippen LogP contribution < -0.4 is 22.3 Å². The van der Waals surface area contributed by atoms with Crippen molar-refractivity contribution in [2.24, 2.45) is 5.84 Å². The van der Waals surface area contributed by atoms with Crippen LogP contribution in [0.25, 0.3) is 46.4 Å². The summed E-state index contributed by atoms with van der Waals surface area (Å²) in [4.78, 5) is 16.0.